The van der Waals surface area contributed by atoms with Gasteiger partial charge in [0, 0.05) is 17.0 Å². The molecule has 1 aromatic carbocycles. The number of aliphatic hydroxyl groups is 1. The van der Waals surface area contributed by atoms with E-state index in [0.29, 0.717) is 22.9 Å². The Morgan fingerprint density at radius 2 is 1.91 bits per heavy atom. The topological polar surface area (TPSA) is 101 Å². The smallest absolute Gasteiger partial charge is 0.255 e. The van der Waals surface area contributed by atoms with E-state index in [9.17, 15) is 14.7 Å². The molecule has 2 aromatic rings. The Morgan fingerprint density at radius 1 is 1.17 bits per heavy atom. The van der Waals surface area contributed by atoms with E-state index in [1.165, 1.54) is 6.20 Å². The first-order chi connectivity index (χ1) is 11.1. The van der Waals surface area contributed by atoms with Crippen LogP contribution in [0.4, 0.5) is 0 Å². The molecule has 4 atom stereocenters. The van der Waals surface area contributed by atoms with Crippen LogP contribution in [0.2, 0.25) is 0 Å². The van der Waals surface area contributed by atoms with Gasteiger partial charge in [0.1, 0.15) is 18.3 Å². The number of aliphatic hydroxyl groups excluding tert-OH is 1. The Hall–Kier alpha value is -2.22. The Bertz CT molecular complexity index is 817. The number of carbonyl (C=O) groups excluding carboxylic acids is 1. The van der Waals surface area contributed by atoms with Gasteiger partial charge >= 0.3 is 0 Å². The number of H-pyrrole nitrogens is 1. The van der Waals surface area contributed by atoms with Crippen molar-refractivity contribution >= 4 is 16.7 Å². The molecule has 3 heterocycles. The molecule has 120 valence electrons. The summed E-state index contributed by atoms with van der Waals surface area (Å²) in [5.74, 6) is -0.309. The highest BCUT2D eigenvalue weighted by molar-refractivity contribution is 6.06. The molecule has 2 fully saturated rings. The Labute approximate surface area is 131 Å². The minimum absolute atomic E-state index is 0.212. The first-order valence-corrected chi connectivity index (χ1v) is 7.48. The minimum Gasteiger partial charge on any atom is -0.388 e. The van der Waals surface area contributed by atoms with E-state index in [2.05, 4.69) is 10.3 Å². The summed E-state index contributed by atoms with van der Waals surface area (Å²) in [6, 6.07) is 6.63. The van der Waals surface area contributed by atoms with Gasteiger partial charge in [-0.05, 0) is 6.07 Å². The molecule has 7 heteroatoms. The Morgan fingerprint density at radius 3 is 2.74 bits per heavy atom. The number of hydrogen-bond acceptors (Lipinski definition) is 5. The molecule has 0 unspecified atom stereocenters. The minimum atomic E-state index is -0.657. The highest BCUT2D eigenvalue weighted by Gasteiger charge is 2.47. The monoisotopic (exact) mass is 316 g/mol. The molecule has 23 heavy (non-hydrogen) atoms. The molecule has 2 saturated heterocycles. The maximum Gasteiger partial charge on any atom is 0.255 e. The van der Waals surface area contributed by atoms with Crippen molar-refractivity contribution in [1.82, 2.24) is 10.3 Å². The maximum absolute atomic E-state index is 12.6. The standard InChI is InChI=1S/C16H16N2O5/c19-12-7-23-13-11(6-22-14(12)13)18-16(21)10-5-17-15(20)9-4-2-1-3-8(9)10/h1-5,11-14,19H,6-7H2,(H,17,20)(H,18,21)/t11-,12-,13+,14+/m0/s1. The second kappa shape index (κ2) is 5.45. The molecule has 0 spiro atoms. The fourth-order valence-corrected chi connectivity index (χ4v) is 3.25. The molecule has 0 saturated carbocycles. The van der Waals surface area contributed by atoms with Crippen LogP contribution in [0, 0.1) is 0 Å². The number of nitrogens with one attached hydrogen (secondary N) is 2. The third kappa shape index (κ3) is 2.33. The third-order valence-corrected chi connectivity index (χ3v) is 4.40. The molecular formula is C16H16N2O5. The van der Waals surface area contributed by atoms with Crippen molar-refractivity contribution < 1.29 is 19.4 Å². The lowest BCUT2D eigenvalue weighted by molar-refractivity contribution is 0.0178. The van der Waals surface area contributed by atoms with Gasteiger partial charge < -0.3 is 24.9 Å². The SMILES string of the molecule is O=C(N[C@H]1CO[C@H]2[C@@H]1OC[C@@H]2O)c1c[nH]c(=O)c2ccccc12. The molecular weight excluding hydrogens is 300 g/mol. The van der Waals surface area contributed by atoms with Gasteiger partial charge in [-0.3, -0.25) is 9.59 Å². The zero-order valence-electron chi connectivity index (χ0n) is 12.2. The molecule has 7 nitrogen and oxygen atoms in total. The van der Waals surface area contributed by atoms with Gasteiger partial charge in [-0.1, -0.05) is 18.2 Å². The summed E-state index contributed by atoms with van der Waals surface area (Å²) in [5, 5.41) is 13.7. The van der Waals surface area contributed by atoms with E-state index in [1.807, 2.05) is 0 Å². The Balaban J connectivity index is 1.61. The van der Waals surface area contributed by atoms with Crippen LogP contribution >= 0.6 is 0 Å². The van der Waals surface area contributed by atoms with Gasteiger partial charge in [0.2, 0.25) is 0 Å². The molecule has 1 aromatic heterocycles. The van der Waals surface area contributed by atoms with Gasteiger partial charge in [0.25, 0.3) is 11.5 Å². The maximum atomic E-state index is 12.6. The summed E-state index contributed by atoms with van der Waals surface area (Å²) < 4.78 is 11.0. The van der Waals surface area contributed by atoms with Crippen LogP contribution in [0.1, 0.15) is 10.4 Å². The highest BCUT2D eigenvalue weighted by Crippen LogP contribution is 2.27. The molecule has 3 N–H and O–H groups in total. The zero-order valence-corrected chi connectivity index (χ0v) is 12.2. The van der Waals surface area contributed by atoms with E-state index in [1.54, 1.807) is 24.3 Å². The average molecular weight is 316 g/mol. The number of aromatic amines is 1. The average Bonchev–Trinajstić information content (AvgIpc) is 3.12. The van der Waals surface area contributed by atoms with E-state index in [4.69, 9.17) is 9.47 Å². The van der Waals surface area contributed by atoms with Crippen molar-refractivity contribution in [3.05, 3.63) is 46.4 Å². The van der Waals surface area contributed by atoms with E-state index < -0.39 is 12.2 Å². The van der Waals surface area contributed by atoms with Crippen LogP contribution in [0.3, 0.4) is 0 Å². The van der Waals surface area contributed by atoms with E-state index in [0.717, 1.165) is 0 Å². The normalized spacial score (nSPS) is 29.6. The van der Waals surface area contributed by atoms with Crippen LogP contribution in [0.5, 0.6) is 0 Å². The van der Waals surface area contributed by atoms with E-state index in [-0.39, 0.29) is 30.2 Å². The summed E-state index contributed by atoms with van der Waals surface area (Å²) in [4.78, 5) is 27.0. The highest BCUT2D eigenvalue weighted by atomic mass is 16.6. The lowest BCUT2D eigenvalue weighted by Gasteiger charge is -2.17. The van der Waals surface area contributed by atoms with Crippen LogP contribution < -0.4 is 10.9 Å². The number of benzene rings is 1. The molecule has 1 amide bonds. The van der Waals surface area contributed by atoms with Gasteiger partial charge in [0.05, 0.1) is 24.8 Å². The van der Waals surface area contributed by atoms with Crippen LogP contribution in [-0.4, -0.2) is 53.6 Å². The number of amides is 1. The molecule has 0 aliphatic carbocycles. The quantitative estimate of drug-likeness (QED) is 0.711. The third-order valence-electron chi connectivity index (χ3n) is 4.40. The lowest BCUT2D eigenvalue weighted by atomic mass is 10.1. The van der Waals surface area contributed by atoms with Crippen LogP contribution in [0.15, 0.2) is 35.3 Å². The number of pyridine rings is 1. The number of aromatic nitrogens is 1. The first kappa shape index (κ1) is 14.4. The lowest BCUT2D eigenvalue weighted by Crippen LogP contribution is -2.44. The van der Waals surface area contributed by atoms with E-state index >= 15 is 0 Å². The summed E-state index contributed by atoms with van der Waals surface area (Å²) in [6.07, 6.45) is 0.0175. The van der Waals surface area contributed by atoms with Crippen molar-refractivity contribution in [3.8, 4) is 0 Å². The van der Waals surface area contributed by atoms with Crippen molar-refractivity contribution in [2.75, 3.05) is 13.2 Å². The zero-order chi connectivity index (χ0) is 16.0. The molecule has 0 bridgehead atoms. The number of carbonyl (C=O) groups is 1. The number of hydrogen-bond donors (Lipinski definition) is 3. The second-order valence-electron chi connectivity index (χ2n) is 5.82. The van der Waals surface area contributed by atoms with Crippen molar-refractivity contribution in [3.63, 3.8) is 0 Å². The van der Waals surface area contributed by atoms with Gasteiger partial charge in [0.15, 0.2) is 0 Å². The second-order valence-corrected chi connectivity index (χ2v) is 5.82. The molecule has 2 aliphatic heterocycles. The largest absolute Gasteiger partial charge is 0.388 e. The van der Waals surface area contributed by atoms with Crippen molar-refractivity contribution in [1.29, 1.82) is 0 Å². The van der Waals surface area contributed by atoms with Crippen molar-refractivity contribution in [2.45, 2.75) is 24.4 Å². The fraction of sp³-hybridized carbons (Fsp3) is 0.375. The molecule has 4 rings (SSSR count). The fourth-order valence-electron chi connectivity index (χ4n) is 3.25. The number of ether oxygens (including phenoxy) is 2. The summed E-state index contributed by atoms with van der Waals surface area (Å²) in [7, 11) is 0. The van der Waals surface area contributed by atoms with Crippen LogP contribution in [-0.2, 0) is 9.47 Å². The van der Waals surface area contributed by atoms with Crippen LogP contribution in [0.25, 0.3) is 10.8 Å². The predicted octanol–water partition coefficient (Wildman–Crippen LogP) is -0.215. The summed E-state index contributed by atoms with van der Waals surface area (Å²) in [6.45, 7) is 0.503. The number of fused-ring (bicyclic) bond motifs is 2. The summed E-state index contributed by atoms with van der Waals surface area (Å²) >= 11 is 0. The molecule has 0 radical (unpaired) electrons. The number of rotatable bonds is 2. The summed E-state index contributed by atoms with van der Waals surface area (Å²) in [5.41, 5.74) is 0.158. The van der Waals surface area contributed by atoms with Gasteiger partial charge in [-0.25, -0.2) is 0 Å². The molecule has 2 aliphatic rings. The Kier molecular flexibility index (Phi) is 3.41. The predicted molar refractivity (Wildman–Crippen MR) is 81.3 cm³/mol. The first-order valence-electron chi connectivity index (χ1n) is 7.48. The van der Waals surface area contributed by atoms with Gasteiger partial charge in [-0.2, -0.15) is 0 Å². The van der Waals surface area contributed by atoms with Gasteiger partial charge in [-0.15, -0.1) is 0 Å². The van der Waals surface area contributed by atoms with Crippen molar-refractivity contribution in [2.24, 2.45) is 0 Å².